The van der Waals surface area contributed by atoms with E-state index >= 15 is 0 Å². The highest BCUT2D eigenvalue weighted by Crippen LogP contribution is 2.29. The van der Waals surface area contributed by atoms with Crippen LogP contribution in [0.4, 0.5) is 5.13 Å². The van der Waals surface area contributed by atoms with E-state index in [2.05, 4.69) is 9.88 Å². The standard InChI is InChI=1S/C11H16N4OS/c12-11-13-8-5-14(6-9(8)17-11)7-10(16)15-3-1-2-4-15/h1-7H2,(H2,12,13). The first-order valence-electron chi connectivity index (χ1n) is 5.96. The molecule has 0 unspecified atom stereocenters. The van der Waals surface area contributed by atoms with Crippen LogP contribution in [0.2, 0.25) is 0 Å². The molecule has 17 heavy (non-hydrogen) atoms. The van der Waals surface area contributed by atoms with E-state index in [-0.39, 0.29) is 5.91 Å². The van der Waals surface area contributed by atoms with Gasteiger partial charge < -0.3 is 10.6 Å². The Morgan fingerprint density at radius 1 is 1.35 bits per heavy atom. The molecular weight excluding hydrogens is 236 g/mol. The molecule has 0 aliphatic carbocycles. The summed E-state index contributed by atoms with van der Waals surface area (Å²) in [6.45, 7) is 3.97. The maximum atomic E-state index is 12.0. The Hall–Kier alpha value is -1.14. The van der Waals surface area contributed by atoms with Crippen molar-refractivity contribution in [3.8, 4) is 0 Å². The number of nitrogens with two attached hydrogens (primary N) is 1. The fourth-order valence-corrected chi connectivity index (χ4v) is 3.37. The SMILES string of the molecule is Nc1nc2c(s1)CN(CC(=O)N1CCCC1)C2. The summed E-state index contributed by atoms with van der Waals surface area (Å²) in [7, 11) is 0. The highest BCUT2D eigenvalue weighted by molar-refractivity contribution is 7.15. The van der Waals surface area contributed by atoms with Crippen LogP contribution in [-0.4, -0.2) is 40.3 Å². The van der Waals surface area contributed by atoms with Gasteiger partial charge in [0, 0.05) is 31.1 Å². The summed E-state index contributed by atoms with van der Waals surface area (Å²) < 4.78 is 0. The van der Waals surface area contributed by atoms with E-state index in [1.54, 1.807) is 11.3 Å². The van der Waals surface area contributed by atoms with Gasteiger partial charge in [0.05, 0.1) is 12.2 Å². The highest BCUT2D eigenvalue weighted by Gasteiger charge is 2.27. The van der Waals surface area contributed by atoms with E-state index < -0.39 is 0 Å². The van der Waals surface area contributed by atoms with Crippen molar-refractivity contribution in [3.63, 3.8) is 0 Å². The van der Waals surface area contributed by atoms with Crippen molar-refractivity contribution in [2.75, 3.05) is 25.4 Å². The average molecular weight is 252 g/mol. The van der Waals surface area contributed by atoms with Crippen molar-refractivity contribution in [1.82, 2.24) is 14.8 Å². The number of carbonyl (C=O) groups is 1. The molecule has 0 aromatic carbocycles. The van der Waals surface area contributed by atoms with Crippen LogP contribution in [-0.2, 0) is 17.9 Å². The van der Waals surface area contributed by atoms with Crippen LogP contribution in [0.5, 0.6) is 0 Å². The molecule has 0 spiro atoms. The first-order chi connectivity index (χ1) is 8.22. The Balaban J connectivity index is 1.58. The molecule has 1 saturated heterocycles. The minimum absolute atomic E-state index is 0.255. The summed E-state index contributed by atoms with van der Waals surface area (Å²) in [5.41, 5.74) is 6.71. The zero-order valence-corrected chi connectivity index (χ0v) is 10.5. The molecule has 5 nitrogen and oxygen atoms in total. The molecule has 1 fully saturated rings. The van der Waals surface area contributed by atoms with E-state index in [0.29, 0.717) is 11.7 Å². The normalized spacial score (nSPS) is 19.9. The number of amides is 1. The van der Waals surface area contributed by atoms with Gasteiger partial charge in [-0.2, -0.15) is 0 Å². The third kappa shape index (κ3) is 2.14. The summed E-state index contributed by atoms with van der Waals surface area (Å²) in [5, 5.41) is 0.639. The van der Waals surface area contributed by atoms with Gasteiger partial charge in [-0.25, -0.2) is 4.98 Å². The summed E-state index contributed by atoms with van der Waals surface area (Å²) >= 11 is 1.54. The van der Waals surface area contributed by atoms with Crippen LogP contribution in [0.25, 0.3) is 0 Å². The Morgan fingerprint density at radius 3 is 2.82 bits per heavy atom. The van der Waals surface area contributed by atoms with Crippen LogP contribution in [0, 0.1) is 0 Å². The van der Waals surface area contributed by atoms with Gasteiger partial charge in [-0.15, -0.1) is 11.3 Å². The van der Waals surface area contributed by atoms with Crippen molar-refractivity contribution < 1.29 is 4.79 Å². The van der Waals surface area contributed by atoms with Gasteiger partial charge in [0.2, 0.25) is 5.91 Å². The van der Waals surface area contributed by atoms with E-state index in [0.717, 1.165) is 44.7 Å². The number of carbonyl (C=O) groups excluding carboxylic acids is 1. The van der Waals surface area contributed by atoms with Gasteiger partial charge in [-0.1, -0.05) is 0 Å². The molecule has 1 aromatic heterocycles. The summed E-state index contributed by atoms with van der Waals surface area (Å²) in [5.74, 6) is 0.255. The summed E-state index contributed by atoms with van der Waals surface area (Å²) in [6.07, 6.45) is 2.30. The van der Waals surface area contributed by atoms with Crippen LogP contribution in [0.1, 0.15) is 23.4 Å². The zero-order valence-electron chi connectivity index (χ0n) is 9.69. The molecule has 2 N–H and O–H groups in total. The van der Waals surface area contributed by atoms with Crippen molar-refractivity contribution in [1.29, 1.82) is 0 Å². The molecule has 0 atom stereocenters. The van der Waals surface area contributed by atoms with Crippen LogP contribution < -0.4 is 5.73 Å². The molecule has 3 heterocycles. The van der Waals surface area contributed by atoms with Gasteiger partial charge in [-0.3, -0.25) is 9.69 Å². The Bertz CT molecular complexity index is 415. The number of rotatable bonds is 2. The zero-order chi connectivity index (χ0) is 11.8. The number of anilines is 1. The molecular formula is C11H16N4OS. The Labute approximate surface area is 104 Å². The van der Waals surface area contributed by atoms with Gasteiger partial charge in [0.1, 0.15) is 0 Å². The number of nitrogen functional groups attached to an aromatic ring is 1. The summed E-state index contributed by atoms with van der Waals surface area (Å²) in [4.78, 5) is 21.6. The molecule has 1 amide bonds. The number of hydrogen-bond acceptors (Lipinski definition) is 5. The monoisotopic (exact) mass is 252 g/mol. The minimum atomic E-state index is 0.255. The number of likely N-dealkylation sites (tertiary alicyclic amines) is 1. The summed E-state index contributed by atoms with van der Waals surface area (Å²) in [6, 6.07) is 0. The molecule has 0 radical (unpaired) electrons. The molecule has 2 aliphatic rings. The molecule has 0 saturated carbocycles. The van der Waals surface area contributed by atoms with Gasteiger partial charge in [0.25, 0.3) is 0 Å². The lowest BCUT2D eigenvalue weighted by Gasteiger charge is -2.20. The number of nitrogens with zero attached hydrogens (tertiary/aromatic N) is 3. The number of aromatic nitrogens is 1. The van der Waals surface area contributed by atoms with E-state index in [1.807, 2.05) is 4.90 Å². The van der Waals surface area contributed by atoms with E-state index in [9.17, 15) is 4.79 Å². The third-order valence-corrected chi connectivity index (χ3v) is 4.26. The Morgan fingerprint density at radius 2 is 2.12 bits per heavy atom. The van der Waals surface area contributed by atoms with Crippen LogP contribution in [0.3, 0.4) is 0 Å². The number of fused-ring (bicyclic) bond motifs is 1. The second kappa shape index (κ2) is 4.27. The van der Waals surface area contributed by atoms with E-state index in [1.165, 1.54) is 4.88 Å². The smallest absolute Gasteiger partial charge is 0.236 e. The number of hydrogen-bond donors (Lipinski definition) is 1. The maximum Gasteiger partial charge on any atom is 0.236 e. The van der Waals surface area contributed by atoms with Crippen molar-refractivity contribution in [2.45, 2.75) is 25.9 Å². The largest absolute Gasteiger partial charge is 0.375 e. The van der Waals surface area contributed by atoms with Crippen molar-refractivity contribution in [2.24, 2.45) is 0 Å². The molecule has 6 heteroatoms. The average Bonchev–Trinajstić information content (AvgIpc) is 2.91. The quantitative estimate of drug-likeness (QED) is 0.840. The first kappa shape index (κ1) is 11.0. The fourth-order valence-electron chi connectivity index (χ4n) is 2.49. The molecule has 2 aliphatic heterocycles. The van der Waals surface area contributed by atoms with Crippen LogP contribution in [0.15, 0.2) is 0 Å². The lowest BCUT2D eigenvalue weighted by Crippen LogP contribution is -2.36. The third-order valence-electron chi connectivity index (χ3n) is 3.35. The molecule has 3 rings (SSSR count). The highest BCUT2D eigenvalue weighted by atomic mass is 32.1. The predicted molar refractivity (Wildman–Crippen MR) is 66.5 cm³/mol. The first-order valence-corrected chi connectivity index (χ1v) is 6.78. The molecule has 92 valence electrons. The maximum absolute atomic E-state index is 12.0. The van der Waals surface area contributed by atoms with Gasteiger partial charge in [-0.05, 0) is 12.8 Å². The molecule has 0 bridgehead atoms. The number of thiazole rings is 1. The lowest BCUT2D eigenvalue weighted by atomic mass is 10.4. The topological polar surface area (TPSA) is 62.5 Å². The van der Waals surface area contributed by atoms with Crippen LogP contribution >= 0.6 is 11.3 Å². The fraction of sp³-hybridized carbons (Fsp3) is 0.636. The van der Waals surface area contributed by atoms with Gasteiger partial charge >= 0.3 is 0 Å². The molecule has 1 aromatic rings. The van der Waals surface area contributed by atoms with Crippen molar-refractivity contribution in [3.05, 3.63) is 10.6 Å². The lowest BCUT2D eigenvalue weighted by molar-refractivity contribution is -0.131. The van der Waals surface area contributed by atoms with E-state index in [4.69, 9.17) is 5.73 Å². The van der Waals surface area contributed by atoms with Gasteiger partial charge in [0.15, 0.2) is 5.13 Å². The van der Waals surface area contributed by atoms with Crippen molar-refractivity contribution >= 4 is 22.4 Å². The predicted octanol–water partition coefficient (Wildman–Crippen LogP) is 0.663. The second-order valence-electron chi connectivity index (χ2n) is 4.66. The minimum Gasteiger partial charge on any atom is -0.375 e. The second-order valence-corrected chi connectivity index (χ2v) is 5.77. The Kier molecular flexibility index (Phi) is 2.76.